The summed E-state index contributed by atoms with van der Waals surface area (Å²) in [7, 11) is 0. The summed E-state index contributed by atoms with van der Waals surface area (Å²) in [6, 6.07) is 146. The van der Waals surface area contributed by atoms with Crippen LogP contribution in [0, 0.1) is 0 Å². The number of thiophene rings is 5. The van der Waals surface area contributed by atoms with E-state index in [9.17, 15) is 0 Å². The molecule has 0 bridgehead atoms. The Morgan fingerprint density at radius 1 is 0.173 bits per heavy atom. The van der Waals surface area contributed by atoms with Gasteiger partial charge in [-0.1, -0.05) is 244 Å². The lowest BCUT2D eigenvalue weighted by molar-refractivity contribution is 0.660. The summed E-state index contributed by atoms with van der Waals surface area (Å²) in [5.41, 5.74) is 22.2. The van der Waals surface area contributed by atoms with E-state index in [4.69, 9.17) is 4.42 Å². The Kier molecular flexibility index (Phi) is 16.1. The summed E-state index contributed by atoms with van der Waals surface area (Å²) >= 11 is 9.38. The molecule has 0 atom stereocenters. The zero-order valence-electron chi connectivity index (χ0n) is 68.8. The summed E-state index contributed by atoms with van der Waals surface area (Å²) < 4.78 is 29.3. The van der Waals surface area contributed by atoms with Gasteiger partial charge in [0.15, 0.2) is 0 Å². The van der Waals surface area contributed by atoms with Gasteiger partial charge in [0.1, 0.15) is 11.2 Å². The number of nitrogens with zero attached hydrogens (tertiary/aromatic N) is 4. The Morgan fingerprint density at radius 3 is 0.913 bits per heavy atom. The molecule has 10 heteroatoms. The minimum Gasteiger partial charge on any atom is -0.456 e. The molecule has 0 saturated heterocycles. The topological polar surface area (TPSA) is 32.9 Å². The summed E-state index contributed by atoms with van der Waals surface area (Å²) in [4.78, 5) is 0. The number of furan rings is 1. The smallest absolute Gasteiger partial charge is 0.137 e. The standard InChI is InChI=1S/C33H23NS.C30H17NOS.C30H17NS2.C24H15NS/c1-33(2)27-12-6-3-9-21(27)24-17-20(15-16-28(24)33)34-29-13-7-4-10-22(29)25-18-26-23-11-5-8-14-31(23)35-32(26)19-30(25)34;1-4-10-25-19(7-1)23-16-24-22-9-3-6-12-29(22)33-30(24)17-26(23)31(25)18-13-14-21-20-8-2-5-11-27(20)32-28(21)15-18;1-4-10-25-19(7-1)22-16-24-21-9-3-6-12-28(21)33-30(24)17-26(22)31(25)18-13-14-29-23(15-18)20-8-2-5-11-27(20)32-29;1-2-8-16(9-3-1)25-21-12-6-4-10-17(21)19-14-20-18-11-5-7-13-23(18)26-24(20)15-22(19)25/h3-19H,1-2H3;2*1-17H;1-15H. The Labute approximate surface area is 747 Å². The monoisotopic (exact) mass is 1710 g/mol. The molecule has 1 aliphatic carbocycles. The Morgan fingerprint density at radius 2 is 0.472 bits per heavy atom. The van der Waals surface area contributed by atoms with Crippen LogP contribution in [0.1, 0.15) is 25.0 Å². The Bertz CT molecular complexity index is 9680. The fourth-order valence-corrected chi connectivity index (χ4v) is 26.6. The van der Waals surface area contributed by atoms with Gasteiger partial charge in [0.25, 0.3) is 0 Å². The molecule has 0 spiro atoms. The van der Waals surface area contributed by atoms with Gasteiger partial charge in [0.05, 0.1) is 44.1 Å². The maximum Gasteiger partial charge on any atom is 0.137 e. The van der Waals surface area contributed by atoms with E-state index in [-0.39, 0.29) is 5.41 Å². The van der Waals surface area contributed by atoms with Crippen LogP contribution in [0.3, 0.4) is 0 Å². The zero-order chi connectivity index (χ0) is 83.4. The predicted octanol–water partition coefficient (Wildman–Crippen LogP) is 35.2. The van der Waals surface area contributed by atoms with Crippen molar-refractivity contribution >= 4 is 267 Å². The number of hydrogen-bond donors (Lipinski definition) is 0. The molecular weight excluding hydrogens is 1640 g/mol. The first-order chi connectivity index (χ1) is 62.7. The van der Waals surface area contributed by atoms with Gasteiger partial charge in [-0.25, -0.2) is 0 Å². The summed E-state index contributed by atoms with van der Waals surface area (Å²) in [5, 5.41) is 26.2. The van der Waals surface area contributed by atoms with Crippen LogP contribution in [0.2, 0.25) is 0 Å². The number of benzene rings is 19. The molecule has 0 radical (unpaired) electrons. The maximum absolute atomic E-state index is 6.21. The third kappa shape index (κ3) is 11.1. The maximum atomic E-state index is 6.21. The second kappa shape index (κ2) is 28.1. The Hall–Kier alpha value is -14.7. The number of hydrogen-bond acceptors (Lipinski definition) is 6. The largest absolute Gasteiger partial charge is 0.456 e. The highest BCUT2D eigenvalue weighted by Gasteiger charge is 2.36. The molecule has 596 valence electrons. The van der Waals surface area contributed by atoms with Crippen LogP contribution in [0.25, 0.3) is 244 Å². The molecule has 0 fully saturated rings. The van der Waals surface area contributed by atoms with Gasteiger partial charge in [0, 0.05) is 189 Å². The molecule has 5 nitrogen and oxygen atoms in total. The van der Waals surface area contributed by atoms with E-state index >= 15 is 0 Å². The predicted molar refractivity (Wildman–Crippen MR) is 552 cm³/mol. The zero-order valence-corrected chi connectivity index (χ0v) is 72.9. The SMILES string of the molecule is CC1(C)c2ccccc2-c2cc(-n3c4ccccc4c4cc5c(cc43)sc3ccccc35)ccc21.c1ccc(-n2c3ccccc3c3cc4c(cc32)sc2ccccc24)cc1.c1ccc2c(c1)oc1cc(-n3c4ccccc4c4cc5c(cc43)sc3ccccc35)ccc12.c1ccc2c(c1)sc1ccc(-n3c4ccccc4c4cc5c(cc43)sc3ccccc35)cc12. The molecule has 0 aliphatic heterocycles. The van der Waals surface area contributed by atoms with E-state index in [0.717, 1.165) is 27.6 Å². The van der Waals surface area contributed by atoms with E-state index in [1.54, 1.807) is 0 Å². The highest BCUT2D eigenvalue weighted by molar-refractivity contribution is 7.27. The van der Waals surface area contributed by atoms with Gasteiger partial charge in [-0.3, -0.25) is 0 Å². The number of rotatable bonds is 4. The van der Waals surface area contributed by atoms with Crippen molar-refractivity contribution in [2.24, 2.45) is 0 Å². The summed E-state index contributed by atoms with van der Waals surface area (Å²) in [5.74, 6) is 0. The van der Waals surface area contributed by atoms with E-state index in [2.05, 4.69) is 420 Å². The van der Waals surface area contributed by atoms with Crippen LogP contribution in [-0.4, -0.2) is 18.3 Å². The van der Waals surface area contributed by atoms with Crippen molar-refractivity contribution in [3.63, 3.8) is 0 Å². The molecule has 10 heterocycles. The lowest BCUT2D eigenvalue weighted by atomic mass is 9.82. The van der Waals surface area contributed by atoms with Gasteiger partial charge in [-0.2, -0.15) is 0 Å². The normalized spacial score (nSPS) is 12.7. The van der Waals surface area contributed by atoms with Crippen molar-refractivity contribution in [3.05, 3.63) is 412 Å². The van der Waals surface area contributed by atoms with Crippen molar-refractivity contribution in [3.8, 4) is 33.9 Å². The number of para-hydroxylation sites is 6. The first kappa shape index (κ1) is 72.7. The molecular formula is C117H72N4OS5. The average Bonchev–Trinajstić information content (AvgIpc) is 1.57. The fourth-order valence-electron chi connectivity index (χ4n) is 21.0. The van der Waals surface area contributed by atoms with Gasteiger partial charge in [-0.05, 0) is 186 Å². The first-order valence-corrected chi connectivity index (χ1v) is 47.3. The average molecular weight is 1710 g/mol. The van der Waals surface area contributed by atoms with E-state index < -0.39 is 0 Å². The minimum absolute atomic E-state index is 0.0223. The number of fused-ring (bicyclic) bond motifs is 33. The molecule has 19 aromatic carbocycles. The Balaban J connectivity index is 0.0000000882. The van der Waals surface area contributed by atoms with E-state index in [1.165, 1.54) is 227 Å². The second-order valence-electron chi connectivity index (χ2n) is 34.1. The van der Waals surface area contributed by atoms with E-state index in [1.807, 2.05) is 68.8 Å². The fraction of sp³-hybridized carbons (Fsp3) is 0.0256. The van der Waals surface area contributed by atoms with Crippen molar-refractivity contribution in [2.45, 2.75) is 19.3 Å². The molecule has 29 aromatic rings. The van der Waals surface area contributed by atoms with Crippen LogP contribution in [0.5, 0.6) is 0 Å². The van der Waals surface area contributed by atoms with Crippen LogP contribution in [-0.2, 0) is 5.41 Å². The van der Waals surface area contributed by atoms with Gasteiger partial charge < -0.3 is 22.7 Å². The van der Waals surface area contributed by atoms with Crippen LogP contribution < -0.4 is 0 Å². The summed E-state index contributed by atoms with van der Waals surface area (Å²) in [6.07, 6.45) is 0. The highest BCUT2D eigenvalue weighted by Crippen LogP contribution is 2.52. The minimum atomic E-state index is 0.0223. The van der Waals surface area contributed by atoms with E-state index in [0.29, 0.717) is 0 Å². The van der Waals surface area contributed by atoms with Gasteiger partial charge >= 0.3 is 0 Å². The third-order valence-corrected chi connectivity index (χ3v) is 32.4. The quantitative estimate of drug-likeness (QED) is 0.173. The van der Waals surface area contributed by atoms with Gasteiger partial charge in [-0.15, -0.1) is 56.7 Å². The molecule has 0 saturated carbocycles. The van der Waals surface area contributed by atoms with Crippen molar-refractivity contribution in [1.29, 1.82) is 0 Å². The van der Waals surface area contributed by atoms with Crippen molar-refractivity contribution in [2.75, 3.05) is 0 Å². The lowest BCUT2D eigenvalue weighted by Crippen LogP contribution is -2.14. The molecule has 0 unspecified atom stereocenters. The first-order valence-electron chi connectivity index (χ1n) is 43.2. The second-order valence-corrected chi connectivity index (χ2v) is 39.5. The number of aromatic nitrogens is 4. The molecule has 0 N–H and O–H groups in total. The van der Waals surface area contributed by atoms with Crippen LogP contribution in [0.4, 0.5) is 0 Å². The van der Waals surface area contributed by atoms with Crippen LogP contribution >= 0.6 is 56.7 Å². The van der Waals surface area contributed by atoms with Gasteiger partial charge in [0.2, 0.25) is 0 Å². The van der Waals surface area contributed by atoms with Crippen LogP contribution in [0.15, 0.2) is 405 Å². The lowest BCUT2D eigenvalue weighted by Gasteiger charge is -2.21. The van der Waals surface area contributed by atoms with Crippen molar-refractivity contribution < 1.29 is 4.42 Å². The molecule has 127 heavy (non-hydrogen) atoms. The molecule has 30 rings (SSSR count). The summed E-state index contributed by atoms with van der Waals surface area (Å²) in [6.45, 7) is 4.69. The highest BCUT2D eigenvalue weighted by atomic mass is 32.1. The van der Waals surface area contributed by atoms with Crippen molar-refractivity contribution in [1.82, 2.24) is 18.3 Å². The molecule has 10 aromatic heterocycles. The third-order valence-electron chi connectivity index (χ3n) is 26.8. The molecule has 0 amide bonds. The molecule has 1 aliphatic rings.